The molecule has 0 aliphatic rings. The van der Waals surface area contributed by atoms with Crippen LogP contribution in [0.2, 0.25) is 0 Å². The van der Waals surface area contributed by atoms with E-state index in [2.05, 4.69) is 10.3 Å². The number of hydrogen-bond acceptors (Lipinski definition) is 3. The number of nitrogens with one attached hydrogen (secondary N) is 1. The van der Waals surface area contributed by atoms with Crippen molar-refractivity contribution in [1.82, 2.24) is 4.98 Å². The Morgan fingerprint density at radius 1 is 1.21 bits per heavy atom. The Bertz CT molecular complexity index is 599. The Morgan fingerprint density at radius 3 is 2.58 bits per heavy atom. The lowest BCUT2D eigenvalue weighted by molar-refractivity contribution is 0.102. The topological polar surface area (TPSA) is 68.0 Å². The molecule has 0 spiro atoms. The molecule has 0 aliphatic heterocycles. The number of pyridine rings is 1. The van der Waals surface area contributed by atoms with Crippen molar-refractivity contribution in [3.63, 3.8) is 0 Å². The highest BCUT2D eigenvalue weighted by Gasteiger charge is 2.10. The highest BCUT2D eigenvalue weighted by atomic mass is 19.2. The maximum absolute atomic E-state index is 13.0. The summed E-state index contributed by atoms with van der Waals surface area (Å²) in [5, 5.41) is 2.48. The first kappa shape index (κ1) is 13.1. The van der Waals surface area contributed by atoms with E-state index in [4.69, 9.17) is 5.73 Å². The lowest BCUT2D eigenvalue weighted by atomic mass is 10.2. The summed E-state index contributed by atoms with van der Waals surface area (Å²) in [5.74, 6) is -2.32. The molecule has 0 fully saturated rings. The summed E-state index contributed by atoms with van der Waals surface area (Å²) < 4.78 is 25.7. The predicted molar refractivity (Wildman–Crippen MR) is 66.4 cm³/mol. The van der Waals surface area contributed by atoms with Crippen LogP contribution in [-0.2, 0) is 6.54 Å². The summed E-state index contributed by atoms with van der Waals surface area (Å²) in [5.41, 5.74) is 6.26. The summed E-state index contributed by atoms with van der Waals surface area (Å²) in [6.45, 7) is 0.352. The molecule has 0 unspecified atom stereocenters. The van der Waals surface area contributed by atoms with Crippen molar-refractivity contribution in [3.8, 4) is 0 Å². The first-order chi connectivity index (χ1) is 9.10. The standard InChI is InChI=1S/C13H11F2N3O/c14-10-3-2-9(5-11(10)15)13(19)18-12-4-1-8(6-16)7-17-12/h1-5,7H,6,16H2,(H,17,18,19). The Morgan fingerprint density at radius 2 is 2.00 bits per heavy atom. The van der Waals surface area contributed by atoms with Crippen LogP contribution in [0, 0.1) is 11.6 Å². The molecular weight excluding hydrogens is 252 g/mol. The number of rotatable bonds is 3. The van der Waals surface area contributed by atoms with Crippen LogP contribution in [-0.4, -0.2) is 10.9 Å². The van der Waals surface area contributed by atoms with Gasteiger partial charge in [-0.2, -0.15) is 0 Å². The summed E-state index contributed by atoms with van der Waals surface area (Å²) in [6, 6.07) is 6.23. The number of benzene rings is 1. The van der Waals surface area contributed by atoms with Crippen LogP contribution in [0.5, 0.6) is 0 Å². The summed E-state index contributed by atoms with van der Waals surface area (Å²) in [7, 11) is 0. The molecule has 6 heteroatoms. The van der Waals surface area contributed by atoms with E-state index in [1.54, 1.807) is 12.1 Å². The van der Waals surface area contributed by atoms with Crippen molar-refractivity contribution >= 4 is 11.7 Å². The van der Waals surface area contributed by atoms with Crippen LogP contribution in [0.3, 0.4) is 0 Å². The van der Waals surface area contributed by atoms with Crippen LogP contribution >= 0.6 is 0 Å². The number of carbonyl (C=O) groups is 1. The second-order valence-corrected chi connectivity index (χ2v) is 3.84. The third kappa shape index (κ3) is 3.11. The van der Waals surface area contributed by atoms with Gasteiger partial charge in [-0.1, -0.05) is 6.07 Å². The highest BCUT2D eigenvalue weighted by molar-refractivity contribution is 6.03. The van der Waals surface area contributed by atoms with E-state index in [1.165, 1.54) is 12.3 Å². The van der Waals surface area contributed by atoms with Crippen LogP contribution < -0.4 is 11.1 Å². The Hall–Kier alpha value is -2.34. The fourth-order valence-electron chi connectivity index (χ4n) is 1.45. The first-order valence-electron chi connectivity index (χ1n) is 5.51. The number of carbonyl (C=O) groups excluding carboxylic acids is 1. The molecule has 2 rings (SSSR count). The smallest absolute Gasteiger partial charge is 0.256 e. The number of anilines is 1. The van der Waals surface area contributed by atoms with Crippen molar-refractivity contribution in [2.75, 3.05) is 5.32 Å². The van der Waals surface area contributed by atoms with Crippen molar-refractivity contribution in [1.29, 1.82) is 0 Å². The number of nitrogens with two attached hydrogens (primary N) is 1. The zero-order chi connectivity index (χ0) is 13.8. The third-order valence-corrected chi connectivity index (χ3v) is 2.48. The van der Waals surface area contributed by atoms with Gasteiger partial charge in [0.1, 0.15) is 5.82 Å². The molecule has 0 saturated heterocycles. The SMILES string of the molecule is NCc1ccc(NC(=O)c2ccc(F)c(F)c2)nc1. The fraction of sp³-hybridized carbons (Fsp3) is 0.0769. The van der Waals surface area contributed by atoms with E-state index in [-0.39, 0.29) is 5.56 Å². The molecule has 3 N–H and O–H groups in total. The van der Waals surface area contributed by atoms with E-state index < -0.39 is 17.5 Å². The Kier molecular flexibility index (Phi) is 3.82. The van der Waals surface area contributed by atoms with Crippen LogP contribution in [0.4, 0.5) is 14.6 Å². The molecule has 98 valence electrons. The van der Waals surface area contributed by atoms with Gasteiger partial charge in [0.05, 0.1) is 0 Å². The molecule has 1 heterocycles. The molecule has 1 amide bonds. The number of hydrogen-bond donors (Lipinski definition) is 2. The van der Waals surface area contributed by atoms with Gasteiger partial charge in [0, 0.05) is 18.3 Å². The van der Waals surface area contributed by atoms with Gasteiger partial charge in [0.25, 0.3) is 5.91 Å². The van der Waals surface area contributed by atoms with E-state index in [0.29, 0.717) is 12.4 Å². The van der Waals surface area contributed by atoms with Gasteiger partial charge >= 0.3 is 0 Å². The monoisotopic (exact) mass is 263 g/mol. The second kappa shape index (κ2) is 5.53. The number of nitrogens with zero attached hydrogens (tertiary/aromatic N) is 1. The van der Waals surface area contributed by atoms with Crippen LogP contribution in [0.25, 0.3) is 0 Å². The molecule has 0 aliphatic carbocycles. The highest BCUT2D eigenvalue weighted by Crippen LogP contribution is 2.11. The molecule has 0 atom stereocenters. The first-order valence-corrected chi connectivity index (χ1v) is 5.51. The van der Waals surface area contributed by atoms with Crippen molar-refractivity contribution in [2.45, 2.75) is 6.54 Å². The molecule has 0 radical (unpaired) electrons. The van der Waals surface area contributed by atoms with Gasteiger partial charge in [0.15, 0.2) is 11.6 Å². The number of amides is 1. The average Bonchev–Trinajstić information content (AvgIpc) is 2.42. The minimum Gasteiger partial charge on any atom is -0.326 e. The Labute approximate surface area is 108 Å². The molecule has 1 aromatic heterocycles. The predicted octanol–water partition coefficient (Wildman–Crippen LogP) is 2.07. The van der Waals surface area contributed by atoms with Gasteiger partial charge in [-0.05, 0) is 29.8 Å². The van der Waals surface area contributed by atoms with Crippen LogP contribution in [0.15, 0.2) is 36.5 Å². The largest absolute Gasteiger partial charge is 0.326 e. The Balaban J connectivity index is 2.13. The lowest BCUT2D eigenvalue weighted by Gasteiger charge is -2.05. The van der Waals surface area contributed by atoms with Gasteiger partial charge in [-0.15, -0.1) is 0 Å². The van der Waals surface area contributed by atoms with Gasteiger partial charge in [0.2, 0.25) is 0 Å². The second-order valence-electron chi connectivity index (χ2n) is 3.84. The number of aromatic nitrogens is 1. The van der Waals surface area contributed by atoms with Gasteiger partial charge < -0.3 is 11.1 Å². The normalized spacial score (nSPS) is 10.3. The van der Waals surface area contributed by atoms with Gasteiger partial charge in [-0.25, -0.2) is 13.8 Å². The molecule has 0 bridgehead atoms. The van der Waals surface area contributed by atoms with E-state index in [1.807, 2.05) is 0 Å². The zero-order valence-corrected chi connectivity index (χ0v) is 9.86. The van der Waals surface area contributed by atoms with E-state index in [9.17, 15) is 13.6 Å². The minimum absolute atomic E-state index is 0.0172. The van der Waals surface area contributed by atoms with Crippen LogP contribution in [0.1, 0.15) is 15.9 Å². The fourth-order valence-corrected chi connectivity index (χ4v) is 1.45. The molecule has 1 aromatic carbocycles. The molecule has 2 aromatic rings. The maximum atomic E-state index is 13.0. The molecular formula is C13H11F2N3O. The average molecular weight is 263 g/mol. The number of halogens is 2. The van der Waals surface area contributed by atoms with Crippen molar-refractivity contribution in [3.05, 3.63) is 59.3 Å². The minimum atomic E-state index is -1.07. The molecule has 0 saturated carbocycles. The zero-order valence-electron chi connectivity index (χ0n) is 9.86. The molecule has 19 heavy (non-hydrogen) atoms. The van der Waals surface area contributed by atoms with E-state index >= 15 is 0 Å². The summed E-state index contributed by atoms with van der Waals surface area (Å²) in [6.07, 6.45) is 1.53. The lowest BCUT2D eigenvalue weighted by Crippen LogP contribution is -2.13. The van der Waals surface area contributed by atoms with Crippen molar-refractivity contribution in [2.24, 2.45) is 5.73 Å². The maximum Gasteiger partial charge on any atom is 0.256 e. The summed E-state index contributed by atoms with van der Waals surface area (Å²) in [4.78, 5) is 15.7. The molecule has 4 nitrogen and oxygen atoms in total. The van der Waals surface area contributed by atoms with Gasteiger partial charge in [-0.3, -0.25) is 4.79 Å². The van der Waals surface area contributed by atoms with Crippen molar-refractivity contribution < 1.29 is 13.6 Å². The quantitative estimate of drug-likeness (QED) is 0.890. The third-order valence-electron chi connectivity index (χ3n) is 2.48. The van der Waals surface area contributed by atoms with E-state index in [0.717, 1.165) is 17.7 Å². The summed E-state index contributed by atoms with van der Waals surface area (Å²) >= 11 is 0.